The van der Waals surface area contributed by atoms with Crippen LogP contribution in [0.4, 0.5) is 11.4 Å². The number of halogens is 1. The molecule has 2 aliphatic heterocycles. The lowest BCUT2D eigenvalue weighted by Gasteiger charge is -2.30. The molecule has 6 rings (SSSR count). The van der Waals surface area contributed by atoms with E-state index in [4.69, 9.17) is 4.74 Å². The van der Waals surface area contributed by atoms with Crippen LogP contribution in [0.5, 0.6) is 5.75 Å². The maximum absolute atomic E-state index is 13.9. The lowest BCUT2D eigenvalue weighted by atomic mass is 9.83. The number of fused-ring (bicyclic) bond motifs is 2. The number of nitrogens with zero attached hydrogens (tertiary/aromatic N) is 2. The van der Waals surface area contributed by atoms with E-state index in [1.807, 2.05) is 30.3 Å². The second kappa shape index (κ2) is 10.7. The zero-order chi connectivity index (χ0) is 28.0. The highest BCUT2D eigenvalue weighted by Crippen LogP contribution is 2.53. The summed E-state index contributed by atoms with van der Waals surface area (Å²) >= 11 is 5.68. The third kappa shape index (κ3) is 4.67. The van der Waals surface area contributed by atoms with E-state index in [2.05, 4.69) is 21.2 Å². The molecule has 8 nitrogen and oxygen atoms in total. The van der Waals surface area contributed by atoms with Gasteiger partial charge in [-0.25, -0.2) is 4.90 Å². The fourth-order valence-electron chi connectivity index (χ4n) is 5.13. The first-order valence-corrected chi connectivity index (χ1v) is 14.9. The molecule has 3 heterocycles. The lowest BCUT2D eigenvalue weighted by Crippen LogP contribution is -2.33. The Hall–Kier alpha value is -3.67. The van der Waals surface area contributed by atoms with Gasteiger partial charge in [-0.3, -0.25) is 23.7 Å². The van der Waals surface area contributed by atoms with Crippen molar-refractivity contribution >= 4 is 68.1 Å². The molecule has 202 valence electrons. The molecule has 0 radical (unpaired) electrons. The number of benzene rings is 3. The van der Waals surface area contributed by atoms with Gasteiger partial charge in [-0.15, -0.1) is 0 Å². The molecule has 0 bridgehead atoms. The number of thiazole rings is 1. The number of para-hydroxylation sites is 1. The highest BCUT2D eigenvalue weighted by atomic mass is 79.9. The molecule has 40 heavy (non-hydrogen) atoms. The molecule has 1 fully saturated rings. The molecule has 3 unspecified atom stereocenters. The van der Waals surface area contributed by atoms with Gasteiger partial charge in [-0.05, 0) is 54.1 Å². The fraction of sp³-hybridized carbons (Fsp3) is 0.172. The van der Waals surface area contributed by atoms with Gasteiger partial charge in [0.2, 0.25) is 17.7 Å². The van der Waals surface area contributed by atoms with E-state index in [0.29, 0.717) is 27.0 Å². The molecule has 11 heteroatoms. The van der Waals surface area contributed by atoms with Crippen molar-refractivity contribution in [1.82, 2.24) is 4.57 Å². The molecule has 3 amide bonds. The number of aromatic nitrogens is 1. The minimum absolute atomic E-state index is 0.224. The SMILES string of the molecule is COc1ccc(NC(=O)Cn2c3c(sc2=O)C(c2ccc(Br)cc2)C2C(=O)N(c4ccccc4)C(=O)C2S3)cc1. The van der Waals surface area contributed by atoms with Crippen LogP contribution >= 0.6 is 39.0 Å². The van der Waals surface area contributed by atoms with Gasteiger partial charge in [0, 0.05) is 21.0 Å². The number of carbonyl (C=O) groups excluding carboxylic acids is 3. The van der Waals surface area contributed by atoms with Gasteiger partial charge in [0.25, 0.3) is 0 Å². The number of methoxy groups -OCH3 is 1. The summed E-state index contributed by atoms with van der Waals surface area (Å²) in [4.78, 5) is 55.5. The number of ether oxygens (including phenoxy) is 1. The molecule has 1 N–H and O–H groups in total. The maximum atomic E-state index is 13.9. The van der Waals surface area contributed by atoms with E-state index in [9.17, 15) is 19.2 Å². The van der Waals surface area contributed by atoms with E-state index in [1.165, 1.54) is 21.2 Å². The Kier molecular flexibility index (Phi) is 7.11. The molecule has 3 aromatic carbocycles. The highest BCUT2D eigenvalue weighted by molar-refractivity contribution is 9.10. The Bertz CT molecular complexity index is 1670. The van der Waals surface area contributed by atoms with Crippen molar-refractivity contribution in [3.8, 4) is 5.75 Å². The van der Waals surface area contributed by atoms with Crippen molar-refractivity contribution < 1.29 is 19.1 Å². The van der Waals surface area contributed by atoms with Gasteiger partial charge < -0.3 is 10.1 Å². The Morgan fingerprint density at radius 2 is 1.65 bits per heavy atom. The van der Waals surface area contributed by atoms with Gasteiger partial charge in [0.1, 0.15) is 17.5 Å². The Morgan fingerprint density at radius 1 is 0.950 bits per heavy atom. The summed E-state index contributed by atoms with van der Waals surface area (Å²) in [6.07, 6.45) is 0. The standard InChI is InChI=1S/C29H22BrN3O5S2/c1-38-20-13-11-18(12-14-20)31-21(34)15-32-28-25(40-29(32)37)22(16-7-9-17(30)10-8-16)23-24(39-28)27(36)33(26(23)35)19-5-3-2-4-6-19/h2-14,22-24H,15H2,1H3,(H,31,34). The summed E-state index contributed by atoms with van der Waals surface area (Å²) in [7, 11) is 1.56. The Labute approximate surface area is 246 Å². The number of nitrogens with one attached hydrogen (secondary N) is 1. The molecule has 0 saturated carbocycles. The molecular formula is C29H22BrN3O5S2. The van der Waals surface area contributed by atoms with E-state index >= 15 is 0 Å². The van der Waals surface area contributed by atoms with Gasteiger partial charge in [-0.1, -0.05) is 69.4 Å². The van der Waals surface area contributed by atoms with Crippen molar-refractivity contribution in [3.63, 3.8) is 0 Å². The number of thioether (sulfide) groups is 1. The van der Waals surface area contributed by atoms with Crippen molar-refractivity contribution in [2.24, 2.45) is 5.92 Å². The van der Waals surface area contributed by atoms with Crippen LogP contribution in [0, 0.1) is 5.92 Å². The van der Waals surface area contributed by atoms with E-state index in [-0.39, 0.29) is 29.1 Å². The first-order chi connectivity index (χ1) is 19.4. The summed E-state index contributed by atoms with van der Waals surface area (Å²) in [5, 5.41) is 2.62. The summed E-state index contributed by atoms with van der Waals surface area (Å²) in [5.41, 5.74) is 1.91. The maximum Gasteiger partial charge on any atom is 0.308 e. The molecule has 4 aromatic rings. The number of amides is 3. The number of imide groups is 1. The van der Waals surface area contributed by atoms with E-state index < -0.39 is 17.1 Å². The van der Waals surface area contributed by atoms with Crippen molar-refractivity contribution in [3.05, 3.63) is 103 Å². The molecule has 2 aliphatic rings. The first-order valence-electron chi connectivity index (χ1n) is 12.4. The lowest BCUT2D eigenvalue weighted by molar-refractivity contribution is -0.122. The van der Waals surface area contributed by atoms with Crippen LogP contribution in [0.15, 0.2) is 93.2 Å². The average molecular weight is 637 g/mol. The van der Waals surface area contributed by atoms with Crippen LogP contribution in [0.1, 0.15) is 16.4 Å². The number of hydrogen-bond acceptors (Lipinski definition) is 7. The minimum atomic E-state index is -0.737. The zero-order valence-corrected chi connectivity index (χ0v) is 24.3. The number of rotatable bonds is 6. The second-order valence-electron chi connectivity index (χ2n) is 9.34. The third-order valence-electron chi connectivity index (χ3n) is 6.97. The highest BCUT2D eigenvalue weighted by Gasteiger charge is 2.56. The smallest absolute Gasteiger partial charge is 0.308 e. The van der Waals surface area contributed by atoms with Crippen molar-refractivity contribution in [2.45, 2.75) is 22.7 Å². The van der Waals surface area contributed by atoms with Gasteiger partial charge in [-0.2, -0.15) is 0 Å². The van der Waals surface area contributed by atoms with Crippen LogP contribution in [0.3, 0.4) is 0 Å². The van der Waals surface area contributed by atoms with Crippen LogP contribution in [-0.4, -0.2) is 34.6 Å². The molecule has 1 saturated heterocycles. The predicted molar refractivity (Wildman–Crippen MR) is 158 cm³/mol. The monoisotopic (exact) mass is 635 g/mol. The Balaban J connectivity index is 1.38. The first kappa shape index (κ1) is 26.5. The predicted octanol–water partition coefficient (Wildman–Crippen LogP) is 5.12. The van der Waals surface area contributed by atoms with Crippen LogP contribution in [-0.2, 0) is 20.9 Å². The van der Waals surface area contributed by atoms with Gasteiger partial charge in [0.05, 0.1) is 23.7 Å². The number of anilines is 2. The zero-order valence-electron chi connectivity index (χ0n) is 21.1. The van der Waals surface area contributed by atoms with Crippen LogP contribution in [0.25, 0.3) is 0 Å². The van der Waals surface area contributed by atoms with Gasteiger partial charge >= 0.3 is 4.87 Å². The molecular weight excluding hydrogens is 614 g/mol. The number of carbonyl (C=O) groups is 3. The van der Waals surface area contributed by atoms with E-state index in [0.717, 1.165) is 21.4 Å². The summed E-state index contributed by atoms with van der Waals surface area (Å²) in [6.45, 7) is -0.224. The van der Waals surface area contributed by atoms with Crippen molar-refractivity contribution in [2.75, 3.05) is 17.3 Å². The molecule has 0 spiro atoms. The second-order valence-corrected chi connectivity index (χ2v) is 12.4. The Morgan fingerprint density at radius 3 is 2.33 bits per heavy atom. The molecule has 1 aromatic heterocycles. The van der Waals surface area contributed by atoms with Crippen LogP contribution in [0.2, 0.25) is 0 Å². The summed E-state index contributed by atoms with van der Waals surface area (Å²) in [6, 6.07) is 23.3. The molecule has 0 aliphatic carbocycles. The normalized spacial score (nSPS) is 19.8. The van der Waals surface area contributed by atoms with Crippen molar-refractivity contribution in [1.29, 1.82) is 0 Å². The van der Waals surface area contributed by atoms with Crippen LogP contribution < -0.4 is 19.8 Å². The minimum Gasteiger partial charge on any atom is -0.497 e. The largest absolute Gasteiger partial charge is 0.497 e. The summed E-state index contributed by atoms with van der Waals surface area (Å²) < 4.78 is 7.44. The quantitative estimate of drug-likeness (QED) is 0.296. The third-order valence-corrected chi connectivity index (χ3v) is 10.1. The van der Waals surface area contributed by atoms with Gasteiger partial charge in [0.15, 0.2) is 0 Å². The summed E-state index contributed by atoms with van der Waals surface area (Å²) in [5.74, 6) is -1.54. The average Bonchev–Trinajstić information content (AvgIpc) is 3.40. The van der Waals surface area contributed by atoms with E-state index in [1.54, 1.807) is 55.6 Å². The molecule has 3 atom stereocenters. The number of hydrogen-bond donors (Lipinski definition) is 1. The fourth-order valence-corrected chi connectivity index (χ4v) is 8.17. The topological polar surface area (TPSA) is 97.7 Å².